The van der Waals surface area contributed by atoms with Gasteiger partial charge >= 0.3 is 5.97 Å². The highest BCUT2D eigenvalue weighted by Crippen LogP contribution is 2.42. The van der Waals surface area contributed by atoms with E-state index < -0.39 is 10.9 Å². The van der Waals surface area contributed by atoms with E-state index in [1.807, 2.05) is 6.07 Å². The third-order valence-corrected chi connectivity index (χ3v) is 6.27. The Kier molecular flexibility index (Phi) is 6.03. The van der Waals surface area contributed by atoms with Crippen molar-refractivity contribution in [3.05, 3.63) is 87.5 Å². The van der Waals surface area contributed by atoms with E-state index in [1.165, 1.54) is 46.2 Å². The predicted octanol–water partition coefficient (Wildman–Crippen LogP) is 6.75. The van der Waals surface area contributed by atoms with Crippen LogP contribution in [0.25, 0.3) is 10.8 Å². The topological polar surface area (TPSA) is 69.4 Å². The van der Waals surface area contributed by atoms with Gasteiger partial charge in [-0.25, -0.2) is 4.79 Å². The minimum absolute atomic E-state index is 0.0376. The lowest BCUT2D eigenvalue weighted by atomic mass is 9.76. The van der Waals surface area contributed by atoms with Crippen LogP contribution in [-0.2, 0) is 4.74 Å². The number of non-ortho nitro benzene ring substituents is 1. The number of carbonyl (C=O) groups is 1. The summed E-state index contributed by atoms with van der Waals surface area (Å²) >= 11 is 0. The van der Waals surface area contributed by atoms with Gasteiger partial charge in [0.15, 0.2) is 0 Å². The molecule has 1 aliphatic carbocycles. The summed E-state index contributed by atoms with van der Waals surface area (Å²) in [6, 6.07) is 18.4. The first-order chi connectivity index (χ1) is 15.0. The van der Waals surface area contributed by atoms with Gasteiger partial charge in [0.1, 0.15) is 6.10 Å². The number of benzene rings is 3. The van der Waals surface area contributed by atoms with Crippen molar-refractivity contribution in [2.24, 2.45) is 0 Å². The summed E-state index contributed by atoms with van der Waals surface area (Å²) in [5.74, 6) is 0.0879. The predicted molar refractivity (Wildman–Crippen MR) is 122 cm³/mol. The van der Waals surface area contributed by atoms with Crippen LogP contribution in [-0.4, -0.2) is 17.0 Å². The van der Waals surface area contributed by atoms with Crippen molar-refractivity contribution in [1.82, 2.24) is 0 Å². The molecule has 1 saturated carbocycles. The maximum atomic E-state index is 12.9. The number of hydrogen-bond donors (Lipinski definition) is 0. The number of nitro groups is 1. The number of ether oxygens (including phenoxy) is 1. The molecule has 0 N–H and O–H groups in total. The zero-order valence-corrected chi connectivity index (χ0v) is 17.9. The second-order valence-corrected chi connectivity index (χ2v) is 8.58. The lowest BCUT2D eigenvalue weighted by molar-refractivity contribution is -0.384. The molecular weight excluding hydrogens is 390 g/mol. The van der Waals surface area contributed by atoms with Gasteiger partial charge in [-0.05, 0) is 59.2 Å². The Morgan fingerprint density at radius 3 is 2.42 bits per heavy atom. The van der Waals surface area contributed by atoms with Crippen molar-refractivity contribution in [1.29, 1.82) is 0 Å². The van der Waals surface area contributed by atoms with E-state index in [0.717, 1.165) is 25.7 Å². The van der Waals surface area contributed by atoms with E-state index in [9.17, 15) is 14.9 Å². The molecule has 1 aliphatic rings. The van der Waals surface area contributed by atoms with Crippen LogP contribution < -0.4 is 0 Å². The molecule has 5 nitrogen and oxygen atoms in total. The molecule has 2 atom stereocenters. The highest BCUT2D eigenvalue weighted by Gasteiger charge is 2.33. The highest BCUT2D eigenvalue weighted by atomic mass is 16.6. The second kappa shape index (κ2) is 8.88. The van der Waals surface area contributed by atoms with Crippen LogP contribution in [0.5, 0.6) is 0 Å². The van der Waals surface area contributed by atoms with E-state index in [-0.39, 0.29) is 17.7 Å². The van der Waals surface area contributed by atoms with Crippen LogP contribution in [0.3, 0.4) is 0 Å². The first-order valence-corrected chi connectivity index (χ1v) is 10.9. The molecule has 3 aromatic carbocycles. The number of fused-ring (bicyclic) bond motifs is 1. The van der Waals surface area contributed by atoms with Gasteiger partial charge in [-0.15, -0.1) is 0 Å². The van der Waals surface area contributed by atoms with Crippen LogP contribution in [0.1, 0.15) is 72.9 Å². The summed E-state index contributed by atoms with van der Waals surface area (Å²) in [5, 5.41) is 13.3. The highest BCUT2D eigenvalue weighted by molar-refractivity contribution is 5.90. The van der Waals surface area contributed by atoms with Gasteiger partial charge < -0.3 is 4.74 Å². The first-order valence-electron chi connectivity index (χ1n) is 10.9. The molecule has 0 radical (unpaired) electrons. The third kappa shape index (κ3) is 4.31. The fourth-order valence-electron chi connectivity index (χ4n) is 4.72. The van der Waals surface area contributed by atoms with E-state index in [4.69, 9.17) is 4.74 Å². The lowest BCUT2D eigenvalue weighted by Crippen LogP contribution is -2.29. The maximum Gasteiger partial charge on any atom is 0.338 e. The molecule has 0 spiro atoms. The molecule has 0 aromatic heterocycles. The Balaban J connectivity index is 1.67. The minimum Gasteiger partial charge on any atom is -0.458 e. The molecule has 160 valence electrons. The molecule has 3 aromatic rings. The Morgan fingerprint density at radius 2 is 1.71 bits per heavy atom. The van der Waals surface area contributed by atoms with E-state index in [2.05, 4.69) is 44.2 Å². The third-order valence-electron chi connectivity index (χ3n) is 6.27. The number of esters is 1. The van der Waals surface area contributed by atoms with Gasteiger partial charge in [-0.3, -0.25) is 10.1 Å². The molecule has 0 unspecified atom stereocenters. The second-order valence-electron chi connectivity index (χ2n) is 8.58. The Labute approximate surface area is 182 Å². The van der Waals surface area contributed by atoms with Crippen molar-refractivity contribution in [2.75, 3.05) is 0 Å². The lowest BCUT2D eigenvalue weighted by Gasteiger charge is -2.34. The van der Waals surface area contributed by atoms with Gasteiger partial charge in [0.2, 0.25) is 0 Å². The van der Waals surface area contributed by atoms with Crippen LogP contribution in [0.2, 0.25) is 0 Å². The van der Waals surface area contributed by atoms with E-state index in [1.54, 1.807) is 0 Å². The molecule has 4 rings (SSSR count). The zero-order chi connectivity index (χ0) is 22.0. The van der Waals surface area contributed by atoms with Crippen molar-refractivity contribution in [3.63, 3.8) is 0 Å². The van der Waals surface area contributed by atoms with E-state index in [0.29, 0.717) is 11.5 Å². The van der Waals surface area contributed by atoms with E-state index >= 15 is 0 Å². The fourth-order valence-corrected chi connectivity index (χ4v) is 4.72. The summed E-state index contributed by atoms with van der Waals surface area (Å²) in [4.78, 5) is 23.3. The molecule has 0 heterocycles. The molecule has 0 bridgehead atoms. The van der Waals surface area contributed by atoms with Gasteiger partial charge in [0.05, 0.1) is 10.5 Å². The molecular formula is C26H27NO4. The Hall–Kier alpha value is -3.21. The standard InChI is InChI=1S/C26H27NO4/c1-17(2)21-16-13-18-7-3-4-8-22(18)25(21)23-9-5-6-10-24(23)31-26(28)19-11-14-20(15-12-19)27(29)30/h3-4,7-8,11-17,23-24H,5-6,9-10H2,1-2H3/t23-,24+/m0/s1. The van der Waals surface area contributed by atoms with Crippen LogP contribution in [0.15, 0.2) is 60.7 Å². The monoisotopic (exact) mass is 417 g/mol. The molecule has 0 saturated heterocycles. The number of nitro benzene ring substituents is 1. The smallest absolute Gasteiger partial charge is 0.338 e. The van der Waals surface area contributed by atoms with Gasteiger partial charge in [-0.2, -0.15) is 0 Å². The zero-order valence-electron chi connectivity index (χ0n) is 17.9. The van der Waals surface area contributed by atoms with Gasteiger partial charge in [0.25, 0.3) is 5.69 Å². The van der Waals surface area contributed by atoms with Crippen LogP contribution >= 0.6 is 0 Å². The summed E-state index contributed by atoms with van der Waals surface area (Å²) in [6.07, 6.45) is 3.73. The van der Waals surface area contributed by atoms with Crippen molar-refractivity contribution in [3.8, 4) is 0 Å². The molecule has 0 amide bonds. The number of carbonyl (C=O) groups excluding carboxylic acids is 1. The molecule has 1 fully saturated rings. The first kappa shape index (κ1) is 21.0. The van der Waals surface area contributed by atoms with Crippen LogP contribution in [0.4, 0.5) is 5.69 Å². The SMILES string of the molecule is CC(C)c1ccc2ccccc2c1[C@H]1CCCC[C@H]1OC(=O)c1ccc([N+](=O)[O-])cc1. The average Bonchev–Trinajstić information content (AvgIpc) is 2.78. The van der Waals surface area contributed by atoms with Crippen LogP contribution in [0, 0.1) is 10.1 Å². The molecule has 0 aliphatic heterocycles. The van der Waals surface area contributed by atoms with Gasteiger partial charge in [-0.1, -0.05) is 56.7 Å². The molecule has 31 heavy (non-hydrogen) atoms. The minimum atomic E-state index is -0.472. The summed E-state index contributed by atoms with van der Waals surface area (Å²) in [7, 11) is 0. The average molecular weight is 418 g/mol. The van der Waals surface area contributed by atoms with Crippen molar-refractivity contribution >= 4 is 22.4 Å². The Bertz CT molecular complexity index is 1100. The number of hydrogen-bond acceptors (Lipinski definition) is 4. The quantitative estimate of drug-likeness (QED) is 0.261. The maximum absolute atomic E-state index is 12.9. The van der Waals surface area contributed by atoms with Crippen molar-refractivity contribution < 1.29 is 14.5 Å². The summed E-state index contributed by atoms with van der Waals surface area (Å²) < 4.78 is 6.02. The molecule has 5 heteroatoms. The number of nitrogens with zero attached hydrogens (tertiary/aromatic N) is 1. The van der Waals surface area contributed by atoms with Crippen molar-refractivity contribution in [2.45, 2.75) is 57.5 Å². The Morgan fingerprint density at radius 1 is 1.00 bits per heavy atom. The summed E-state index contributed by atoms with van der Waals surface area (Å²) in [5.41, 5.74) is 2.91. The fraction of sp³-hybridized carbons (Fsp3) is 0.346. The van der Waals surface area contributed by atoms with Gasteiger partial charge in [0, 0.05) is 18.1 Å². The largest absolute Gasteiger partial charge is 0.458 e. The summed E-state index contributed by atoms with van der Waals surface area (Å²) in [6.45, 7) is 4.41. The normalized spacial score (nSPS) is 18.8. The number of rotatable bonds is 5.